The molecule has 0 radical (unpaired) electrons. The van der Waals surface area contributed by atoms with Gasteiger partial charge in [0.15, 0.2) is 0 Å². The zero-order chi connectivity index (χ0) is 12.7. The molecule has 0 saturated heterocycles. The number of aromatic nitrogens is 2. The highest BCUT2D eigenvalue weighted by Crippen LogP contribution is 2.05. The Bertz CT molecular complexity index is 428. The van der Waals surface area contributed by atoms with Gasteiger partial charge in [-0.15, -0.1) is 0 Å². The van der Waals surface area contributed by atoms with Crippen LogP contribution in [0.5, 0.6) is 0 Å². The van der Waals surface area contributed by atoms with Crippen molar-refractivity contribution in [2.75, 3.05) is 26.0 Å². The van der Waals surface area contributed by atoms with E-state index in [1.807, 2.05) is 6.92 Å². The number of nitrogens with one attached hydrogen (secondary N) is 2. The van der Waals surface area contributed by atoms with Gasteiger partial charge in [0.05, 0.1) is 18.6 Å². The minimum absolute atomic E-state index is 0.00817. The fourth-order valence-electron chi connectivity index (χ4n) is 1.40. The molecule has 0 fully saturated rings. The molecule has 17 heavy (non-hydrogen) atoms. The fraction of sp³-hybridized carbons (Fsp3) is 0.700. The van der Waals surface area contributed by atoms with Crippen molar-refractivity contribution in [2.45, 2.75) is 19.8 Å². The van der Waals surface area contributed by atoms with Gasteiger partial charge < -0.3 is 4.74 Å². The molecule has 7 heteroatoms. The molecule has 0 aromatic carbocycles. The molecule has 1 aromatic heterocycles. The zero-order valence-corrected chi connectivity index (χ0v) is 11.0. The van der Waals surface area contributed by atoms with Crippen molar-refractivity contribution in [3.63, 3.8) is 0 Å². The minimum Gasteiger partial charge on any atom is -0.384 e. The molecule has 2 N–H and O–H groups in total. The molecule has 0 atom stereocenters. The lowest BCUT2D eigenvalue weighted by Gasteiger charge is -2.05. The van der Waals surface area contributed by atoms with Crippen molar-refractivity contribution >= 4 is 10.0 Å². The molecule has 0 aliphatic heterocycles. The highest BCUT2D eigenvalue weighted by molar-refractivity contribution is 7.89. The third-order valence-corrected chi connectivity index (χ3v) is 3.78. The maximum Gasteiger partial charge on any atom is 0.213 e. The van der Waals surface area contributed by atoms with Gasteiger partial charge in [-0.2, -0.15) is 5.10 Å². The van der Waals surface area contributed by atoms with E-state index in [0.29, 0.717) is 6.54 Å². The second kappa shape index (κ2) is 6.73. The van der Waals surface area contributed by atoms with Crippen molar-refractivity contribution < 1.29 is 13.2 Å². The first kappa shape index (κ1) is 14.1. The van der Waals surface area contributed by atoms with Crippen LogP contribution in [0.15, 0.2) is 6.20 Å². The Hall–Kier alpha value is -0.920. The van der Waals surface area contributed by atoms with E-state index in [1.54, 1.807) is 6.20 Å². The van der Waals surface area contributed by atoms with Crippen LogP contribution in [0.3, 0.4) is 0 Å². The summed E-state index contributed by atoms with van der Waals surface area (Å²) >= 11 is 0. The number of rotatable bonds is 8. The summed E-state index contributed by atoms with van der Waals surface area (Å²) in [7, 11) is -1.71. The Balaban J connectivity index is 2.22. The zero-order valence-electron chi connectivity index (χ0n) is 10.2. The van der Waals surface area contributed by atoms with Gasteiger partial charge >= 0.3 is 0 Å². The van der Waals surface area contributed by atoms with E-state index in [2.05, 4.69) is 14.9 Å². The van der Waals surface area contributed by atoms with Gasteiger partial charge in [-0.1, -0.05) is 0 Å². The number of sulfonamides is 1. The molecule has 0 spiro atoms. The van der Waals surface area contributed by atoms with Crippen LogP contribution in [0.2, 0.25) is 0 Å². The fourth-order valence-corrected chi connectivity index (χ4v) is 2.39. The molecule has 0 amide bonds. The number of nitrogens with zero attached hydrogens (tertiary/aromatic N) is 1. The quantitative estimate of drug-likeness (QED) is 0.655. The van der Waals surface area contributed by atoms with Gasteiger partial charge in [0.2, 0.25) is 10.0 Å². The number of aromatic amines is 1. The normalized spacial score (nSPS) is 11.9. The first-order chi connectivity index (χ1) is 8.05. The highest BCUT2D eigenvalue weighted by atomic mass is 32.2. The molecule has 98 valence electrons. The second-order valence-electron chi connectivity index (χ2n) is 3.83. The number of ether oxygens (including phenoxy) is 1. The highest BCUT2D eigenvalue weighted by Gasteiger charge is 2.08. The lowest BCUT2D eigenvalue weighted by Crippen LogP contribution is -2.29. The van der Waals surface area contributed by atoms with Gasteiger partial charge in [-0.3, -0.25) is 5.10 Å². The van der Waals surface area contributed by atoms with E-state index >= 15 is 0 Å². The van der Waals surface area contributed by atoms with E-state index in [1.165, 1.54) is 7.11 Å². The van der Waals surface area contributed by atoms with Crippen molar-refractivity contribution in [3.8, 4) is 0 Å². The van der Waals surface area contributed by atoms with Crippen molar-refractivity contribution in [1.29, 1.82) is 0 Å². The topological polar surface area (TPSA) is 84.1 Å². The standard InChI is InChI=1S/C10H19N3O3S/c1-9-10(8-11-13-9)4-3-5-12-17(14,15)7-6-16-2/h8,12H,3-7H2,1-2H3,(H,11,13). The van der Waals surface area contributed by atoms with Gasteiger partial charge in [0.1, 0.15) is 0 Å². The predicted octanol–water partition coefficient (Wildman–Crippen LogP) is 0.217. The average molecular weight is 261 g/mol. The van der Waals surface area contributed by atoms with Crippen LogP contribution in [-0.2, 0) is 21.2 Å². The van der Waals surface area contributed by atoms with Crippen LogP contribution < -0.4 is 4.72 Å². The van der Waals surface area contributed by atoms with Gasteiger partial charge in [-0.05, 0) is 25.3 Å². The Kier molecular flexibility index (Phi) is 5.60. The third kappa shape index (κ3) is 5.29. The largest absolute Gasteiger partial charge is 0.384 e. The summed E-state index contributed by atoms with van der Waals surface area (Å²) in [6.07, 6.45) is 3.34. The van der Waals surface area contributed by atoms with E-state index < -0.39 is 10.0 Å². The summed E-state index contributed by atoms with van der Waals surface area (Å²) in [5, 5.41) is 6.76. The average Bonchev–Trinajstić information content (AvgIpc) is 2.68. The van der Waals surface area contributed by atoms with Crippen LogP contribution in [0.4, 0.5) is 0 Å². The van der Waals surface area contributed by atoms with Crippen LogP contribution in [0, 0.1) is 6.92 Å². The van der Waals surface area contributed by atoms with Crippen molar-refractivity contribution in [2.24, 2.45) is 0 Å². The number of hydrogen-bond donors (Lipinski definition) is 2. The summed E-state index contributed by atoms with van der Waals surface area (Å²) in [5.41, 5.74) is 2.16. The monoisotopic (exact) mass is 261 g/mol. The summed E-state index contributed by atoms with van der Waals surface area (Å²) in [5.74, 6) is 0.00817. The Labute approximate surface area is 102 Å². The van der Waals surface area contributed by atoms with Crippen LogP contribution >= 0.6 is 0 Å². The molecule has 0 unspecified atom stereocenters. The molecule has 0 bridgehead atoms. The lowest BCUT2D eigenvalue weighted by molar-refractivity contribution is 0.217. The molecule has 0 saturated carbocycles. The molecule has 0 aliphatic carbocycles. The Morgan fingerprint density at radius 2 is 2.29 bits per heavy atom. The SMILES string of the molecule is COCCS(=O)(=O)NCCCc1cn[nH]c1C. The van der Waals surface area contributed by atoms with Gasteiger partial charge in [0.25, 0.3) is 0 Å². The summed E-state index contributed by atoms with van der Waals surface area (Å²) in [4.78, 5) is 0. The number of H-pyrrole nitrogens is 1. The van der Waals surface area contributed by atoms with Gasteiger partial charge in [-0.25, -0.2) is 13.1 Å². The third-order valence-electron chi connectivity index (χ3n) is 2.44. The first-order valence-electron chi connectivity index (χ1n) is 5.50. The Morgan fingerprint density at radius 1 is 1.53 bits per heavy atom. The lowest BCUT2D eigenvalue weighted by atomic mass is 10.1. The van der Waals surface area contributed by atoms with E-state index in [4.69, 9.17) is 4.74 Å². The minimum atomic E-state index is -3.19. The summed E-state index contributed by atoms with van der Waals surface area (Å²) in [6.45, 7) is 2.61. The second-order valence-corrected chi connectivity index (χ2v) is 5.76. The van der Waals surface area contributed by atoms with E-state index in [9.17, 15) is 8.42 Å². The maximum absolute atomic E-state index is 11.4. The van der Waals surface area contributed by atoms with E-state index in [0.717, 1.165) is 24.1 Å². The number of aryl methyl sites for hydroxylation is 2. The molecule has 1 heterocycles. The maximum atomic E-state index is 11.4. The van der Waals surface area contributed by atoms with Crippen LogP contribution in [-0.4, -0.2) is 44.6 Å². The first-order valence-corrected chi connectivity index (χ1v) is 7.15. The molecule has 0 aliphatic rings. The van der Waals surface area contributed by atoms with E-state index in [-0.39, 0.29) is 12.4 Å². The summed E-state index contributed by atoms with van der Waals surface area (Å²) < 4.78 is 30.1. The molecule has 6 nitrogen and oxygen atoms in total. The number of methoxy groups -OCH3 is 1. The molecular formula is C10H19N3O3S. The molecule has 1 aromatic rings. The predicted molar refractivity (Wildman–Crippen MR) is 65.3 cm³/mol. The van der Waals surface area contributed by atoms with Crippen LogP contribution in [0.25, 0.3) is 0 Å². The Morgan fingerprint density at radius 3 is 2.88 bits per heavy atom. The molecule has 1 rings (SSSR count). The molecular weight excluding hydrogens is 242 g/mol. The van der Waals surface area contributed by atoms with Gasteiger partial charge in [0, 0.05) is 19.3 Å². The number of hydrogen-bond acceptors (Lipinski definition) is 4. The van der Waals surface area contributed by atoms with Crippen molar-refractivity contribution in [1.82, 2.24) is 14.9 Å². The summed E-state index contributed by atoms with van der Waals surface area (Å²) in [6, 6.07) is 0. The van der Waals surface area contributed by atoms with Crippen LogP contribution in [0.1, 0.15) is 17.7 Å². The smallest absolute Gasteiger partial charge is 0.213 e. The van der Waals surface area contributed by atoms with Crippen molar-refractivity contribution in [3.05, 3.63) is 17.5 Å².